The van der Waals surface area contributed by atoms with Crippen molar-refractivity contribution in [2.75, 3.05) is 25.5 Å². The van der Waals surface area contributed by atoms with E-state index in [-0.39, 0.29) is 26.7 Å². The van der Waals surface area contributed by atoms with Crippen LogP contribution >= 0.6 is 11.6 Å². The van der Waals surface area contributed by atoms with E-state index >= 15 is 0 Å². The van der Waals surface area contributed by atoms with Crippen LogP contribution in [0, 0.1) is 6.92 Å². The molecule has 2 aromatic rings. The van der Waals surface area contributed by atoms with Crippen molar-refractivity contribution in [2.45, 2.75) is 37.5 Å². The highest BCUT2D eigenvalue weighted by molar-refractivity contribution is 7.89. The van der Waals surface area contributed by atoms with Gasteiger partial charge in [-0.15, -0.1) is 0 Å². The number of halogens is 1. The van der Waals surface area contributed by atoms with Gasteiger partial charge in [-0.25, -0.2) is 13.2 Å². The lowest BCUT2D eigenvalue weighted by atomic mass is 10.1. The van der Waals surface area contributed by atoms with E-state index in [4.69, 9.17) is 16.3 Å². The highest BCUT2D eigenvalue weighted by atomic mass is 35.5. The van der Waals surface area contributed by atoms with Crippen LogP contribution in [-0.2, 0) is 14.8 Å². The standard InChI is InChI=1S/C22H25ClN2O5S/c1-15-7-9-17(31(28,29)25-11-5-3-4-6-12-25)14-18(15)21(26)24-20-13-16(22(27)30-2)8-10-19(20)23/h7-10,13-14H,3-6,11-12H2,1-2H3,(H,24,26). The number of hydrogen-bond acceptors (Lipinski definition) is 5. The van der Waals surface area contributed by atoms with Crippen LogP contribution in [0.4, 0.5) is 5.69 Å². The van der Waals surface area contributed by atoms with Crippen LogP contribution in [0.2, 0.25) is 5.02 Å². The van der Waals surface area contributed by atoms with Gasteiger partial charge in [0.05, 0.1) is 28.3 Å². The monoisotopic (exact) mass is 464 g/mol. The average molecular weight is 465 g/mol. The van der Waals surface area contributed by atoms with Gasteiger partial charge in [-0.1, -0.05) is 30.5 Å². The first-order valence-electron chi connectivity index (χ1n) is 10.0. The lowest BCUT2D eigenvalue weighted by Gasteiger charge is -2.20. The van der Waals surface area contributed by atoms with Gasteiger partial charge >= 0.3 is 5.97 Å². The molecular weight excluding hydrogens is 440 g/mol. The van der Waals surface area contributed by atoms with E-state index in [9.17, 15) is 18.0 Å². The van der Waals surface area contributed by atoms with Gasteiger partial charge in [0.2, 0.25) is 10.0 Å². The van der Waals surface area contributed by atoms with E-state index in [1.807, 2.05) is 0 Å². The smallest absolute Gasteiger partial charge is 0.337 e. The van der Waals surface area contributed by atoms with Crippen LogP contribution in [0.25, 0.3) is 0 Å². The molecule has 0 aromatic heterocycles. The number of hydrogen-bond donors (Lipinski definition) is 1. The number of rotatable bonds is 5. The summed E-state index contributed by atoms with van der Waals surface area (Å²) < 4.78 is 32.4. The number of anilines is 1. The summed E-state index contributed by atoms with van der Waals surface area (Å²) in [6, 6.07) is 8.92. The van der Waals surface area contributed by atoms with Gasteiger partial charge in [0.15, 0.2) is 0 Å². The van der Waals surface area contributed by atoms with Crippen molar-refractivity contribution in [3.63, 3.8) is 0 Å². The molecule has 0 saturated carbocycles. The van der Waals surface area contributed by atoms with E-state index in [0.717, 1.165) is 25.7 Å². The zero-order valence-electron chi connectivity index (χ0n) is 17.5. The number of nitrogens with zero attached hydrogens (tertiary/aromatic N) is 1. The summed E-state index contributed by atoms with van der Waals surface area (Å²) >= 11 is 6.17. The Hall–Kier alpha value is -2.42. The Balaban J connectivity index is 1.90. The van der Waals surface area contributed by atoms with Crippen LogP contribution in [0.15, 0.2) is 41.3 Å². The summed E-state index contributed by atoms with van der Waals surface area (Å²) in [6.07, 6.45) is 3.68. The molecule has 1 aliphatic heterocycles. The fraction of sp³-hybridized carbons (Fsp3) is 0.364. The van der Waals surface area contributed by atoms with Crippen molar-refractivity contribution < 1.29 is 22.7 Å². The molecule has 0 unspecified atom stereocenters. The second-order valence-electron chi connectivity index (χ2n) is 7.44. The van der Waals surface area contributed by atoms with Gasteiger partial charge in [0.25, 0.3) is 5.91 Å². The maximum Gasteiger partial charge on any atom is 0.337 e. The molecule has 1 aliphatic rings. The molecule has 9 heteroatoms. The van der Waals surface area contributed by atoms with Gasteiger partial charge in [-0.05, 0) is 55.7 Å². The first-order chi connectivity index (χ1) is 14.7. The molecule has 1 saturated heterocycles. The van der Waals surface area contributed by atoms with Crippen molar-refractivity contribution in [3.05, 3.63) is 58.1 Å². The molecule has 7 nitrogen and oxygen atoms in total. The fourth-order valence-electron chi connectivity index (χ4n) is 3.49. The van der Waals surface area contributed by atoms with E-state index < -0.39 is 21.9 Å². The van der Waals surface area contributed by atoms with Gasteiger partial charge in [0.1, 0.15) is 0 Å². The minimum Gasteiger partial charge on any atom is -0.465 e. The largest absolute Gasteiger partial charge is 0.465 e. The highest BCUT2D eigenvalue weighted by Crippen LogP contribution is 2.26. The van der Waals surface area contributed by atoms with Crippen molar-refractivity contribution in [1.82, 2.24) is 4.31 Å². The number of sulfonamides is 1. The second kappa shape index (κ2) is 9.80. The minimum atomic E-state index is -3.69. The van der Waals surface area contributed by atoms with Crippen LogP contribution in [-0.4, -0.2) is 44.8 Å². The fourth-order valence-corrected chi connectivity index (χ4v) is 5.20. The first-order valence-corrected chi connectivity index (χ1v) is 11.9. The number of esters is 1. The van der Waals surface area contributed by atoms with E-state index in [1.54, 1.807) is 13.0 Å². The highest BCUT2D eigenvalue weighted by Gasteiger charge is 2.26. The molecule has 1 N–H and O–H groups in total. The van der Waals surface area contributed by atoms with E-state index in [1.165, 1.54) is 41.7 Å². The lowest BCUT2D eigenvalue weighted by Crippen LogP contribution is -2.32. The number of nitrogens with one attached hydrogen (secondary N) is 1. The van der Waals surface area contributed by atoms with Crippen molar-refractivity contribution in [3.8, 4) is 0 Å². The number of carbonyl (C=O) groups excluding carboxylic acids is 2. The number of carbonyl (C=O) groups is 2. The zero-order valence-corrected chi connectivity index (χ0v) is 19.1. The number of methoxy groups -OCH3 is 1. The number of aryl methyl sites for hydroxylation is 1. The van der Waals surface area contributed by atoms with Crippen LogP contribution in [0.1, 0.15) is 52.0 Å². The maximum absolute atomic E-state index is 13.1. The Bertz CT molecular complexity index is 1090. The summed E-state index contributed by atoms with van der Waals surface area (Å²) in [5.74, 6) is -1.08. The molecule has 0 aliphatic carbocycles. The minimum absolute atomic E-state index is 0.0829. The Kier molecular flexibility index (Phi) is 7.35. The summed E-state index contributed by atoms with van der Waals surface area (Å²) in [6.45, 7) is 2.69. The molecule has 166 valence electrons. The first kappa shape index (κ1) is 23.2. The molecule has 0 atom stereocenters. The Morgan fingerprint density at radius 1 is 1.03 bits per heavy atom. The predicted octanol–water partition coefficient (Wildman–Crippen LogP) is 4.25. The summed E-state index contributed by atoms with van der Waals surface area (Å²) in [5.41, 5.74) is 1.30. The molecule has 1 heterocycles. The molecule has 0 spiro atoms. The van der Waals surface area contributed by atoms with Gasteiger partial charge in [-0.3, -0.25) is 4.79 Å². The number of ether oxygens (including phenoxy) is 1. The second-order valence-corrected chi connectivity index (χ2v) is 9.78. The zero-order chi connectivity index (χ0) is 22.6. The molecule has 1 amide bonds. The summed E-state index contributed by atoms with van der Waals surface area (Å²) in [7, 11) is -2.44. The van der Waals surface area contributed by atoms with Crippen molar-refractivity contribution in [2.24, 2.45) is 0 Å². The molecule has 1 fully saturated rings. The Labute approximate surface area is 187 Å². The molecule has 0 radical (unpaired) electrons. The summed E-state index contributed by atoms with van der Waals surface area (Å²) in [4.78, 5) is 24.8. The van der Waals surface area contributed by atoms with Crippen LogP contribution < -0.4 is 5.32 Å². The Morgan fingerprint density at radius 2 is 1.71 bits per heavy atom. The lowest BCUT2D eigenvalue weighted by molar-refractivity contribution is 0.0600. The normalized spacial score (nSPS) is 15.2. The molecular formula is C22H25ClN2O5S. The van der Waals surface area contributed by atoms with Gasteiger partial charge in [-0.2, -0.15) is 4.31 Å². The van der Waals surface area contributed by atoms with E-state index in [0.29, 0.717) is 18.7 Å². The van der Waals surface area contributed by atoms with Gasteiger partial charge < -0.3 is 10.1 Å². The third-order valence-corrected chi connectivity index (χ3v) is 7.52. The Morgan fingerprint density at radius 3 is 2.35 bits per heavy atom. The topological polar surface area (TPSA) is 92.8 Å². The van der Waals surface area contributed by atoms with Crippen LogP contribution in [0.5, 0.6) is 0 Å². The third kappa shape index (κ3) is 5.26. The summed E-state index contributed by atoms with van der Waals surface area (Å²) in [5, 5.41) is 2.91. The molecule has 31 heavy (non-hydrogen) atoms. The SMILES string of the molecule is COC(=O)c1ccc(Cl)c(NC(=O)c2cc(S(=O)(=O)N3CCCCCC3)ccc2C)c1. The number of amides is 1. The molecule has 2 aromatic carbocycles. The maximum atomic E-state index is 13.1. The average Bonchev–Trinajstić information content (AvgIpc) is 3.05. The van der Waals surface area contributed by atoms with Crippen molar-refractivity contribution in [1.29, 1.82) is 0 Å². The third-order valence-electron chi connectivity index (χ3n) is 5.29. The van der Waals surface area contributed by atoms with E-state index in [2.05, 4.69) is 5.32 Å². The number of benzene rings is 2. The molecule has 3 rings (SSSR count). The predicted molar refractivity (Wildman–Crippen MR) is 119 cm³/mol. The van der Waals surface area contributed by atoms with Gasteiger partial charge in [0, 0.05) is 18.7 Å². The van der Waals surface area contributed by atoms with Crippen molar-refractivity contribution >= 4 is 39.2 Å². The quantitative estimate of drug-likeness (QED) is 0.667. The molecule has 0 bridgehead atoms. The van der Waals surface area contributed by atoms with Crippen LogP contribution in [0.3, 0.4) is 0 Å².